The van der Waals surface area contributed by atoms with E-state index in [1.54, 1.807) is 9.58 Å². The molecular formula is C21H28ClN5OS. The van der Waals surface area contributed by atoms with E-state index in [1.807, 2.05) is 39.0 Å². The van der Waals surface area contributed by atoms with Crippen molar-refractivity contribution < 1.29 is 4.79 Å². The van der Waals surface area contributed by atoms with Gasteiger partial charge in [-0.3, -0.25) is 14.4 Å². The lowest BCUT2D eigenvalue weighted by Crippen LogP contribution is -2.39. The second kappa shape index (κ2) is 9.24. The van der Waals surface area contributed by atoms with E-state index in [-0.39, 0.29) is 5.91 Å². The minimum Gasteiger partial charge on any atom is -0.302 e. The van der Waals surface area contributed by atoms with Gasteiger partial charge in [0.2, 0.25) is 0 Å². The van der Waals surface area contributed by atoms with E-state index in [1.165, 1.54) is 11.3 Å². The normalized spacial score (nSPS) is 11.6. The Labute approximate surface area is 181 Å². The number of benzene rings is 1. The highest BCUT2D eigenvalue weighted by atomic mass is 35.5. The Morgan fingerprint density at radius 3 is 2.52 bits per heavy atom. The number of hydrogen-bond acceptors (Lipinski definition) is 5. The van der Waals surface area contributed by atoms with Crippen LogP contribution in [0.4, 0.5) is 5.13 Å². The van der Waals surface area contributed by atoms with Gasteiger partial charge >= 0.3 is 0 Å². The van der Waals surface area contributed by atoms with Gasteiger partial charge in [-0.15, -0.1) is 0 Å². The SMILES string of the molecule is CCN(CC)CCN(C(=O)c1cc(C)nn1CC)c1nc2c(C)ccc(Cl)c2s1. The van der Waals surface area contributed by atoms with Crippen molar-refractivity contribution in [3.63, 3.8) is 0 Å². The van der Waals surface area contributed by atoms with Gasteiger partial charge in [-0.05, 0) is 51.6 Å². The summed E-state index contributed by atoms with van der Waals surface area (Å²) in [6, 6.07) is 5.70. The molecule has 0 saturated carbocycles. The molecule has 2 heterocycles. The van der Waals surface area contributed by atoms with E-state index in [9.17, 15) is 4.79 Å². The van der Waals surface area contributed by atoms with E-state index < -0.39 is 0 Å². The predicted molar refractivity (Wildman–Crippen MR) is 121 cm³/mol. The molecule has 0 spiro atoms. The topological polar surface area (TPSA) is 54.3 Å². The molecule has 3 rings (SSSR count). The van der Waals surface area contributed by atoms with Crippen LogP contribution in [-0.2, 0) is 6.54 Å². The zero-order valence-corrected chi connectivity index (χ0v) is 19.3. The number of halogens is 1. The first-order valence-electron chi connectivity index (χ1n) is 10.0. The Morgan fingerprint density at radius 2 is 1.90 bits per heavy atom. The largest absolute Gasteiger partial charge is 0.302 e. The first-order valence-corrected chi connectivity index (χ1v) is 11.2. The van der Waals surface area contributed by atoms with E-state index in [0.717, 1.165) is 41.1 Å². The third-order valence-corrected chi connectivity index (χ3v) is 6.66. The summed E-state index contributed by atoms with van der Waals surface area (Å²) in [6.45, 7) is 14.0. The van der Waals surface area contributed by atoms with Crippen LogP contribution in [0, 0.1) is 13.8 Å². The number of likely N-dealkylation sites (N-methyl/N-ethyl adjacent to an activating group) is 1. The molecule has 1 amide bonds. The van der Waals surface area contributed by atoms with Gasteiger partial charge in [-0.1, -0.05) is 42.9 Å². The quantitative estimate of drug-likeness (QED) is 0.513. The predicted octanol–water partition coefficient (Wildman–Crippen LogP) is 4.77. The maximum Gasteiger partial charge on any atom is 0.278 e. The standard InChI is InChI=1S/C21H28ClN5OS/c1-6-25(7-2)11-12-26(20(28)17-13-15(5)24-27(17)8-3)21-23-18-14(4)9-10-16(22)19(18)29-21/h9-10,13H,6-8,11-12H2,1-5H3. The average molecular weight is 434 g/mol. The number of nitrogens with zero attached hydrogens (tertiary/aromatic N) is 5. The Hall–Kier alpha value is -1.96. The molecule has 0 radical (unpaired) electrons. The molecule has 156 valence electrons. The van der Waals surface area contributed by atoms with Crippen LogP contribution in [0.5, 0.6) is 0 Å². The van der Waals surface area contributed by atoms with E-state index in [0.29, 0.717) is 28.9 Å². The van der Waals surface area contributed by atoms with Crippen LogP contribution in [0.2, 0.25) is 5.02 Å². The fraction of sp³-hybridized carbons (Fsp3) is 0.476. The molecule has 1 aromatic carbocycles. The number of hydrogen-bond donors (Lipinski definition) is 0. The Balaban J connectivity index is 2.04. The van der Waals surface area contributed by atoms with Crippen LogP contribution in [-0.4, -0.2) is 51.8 Å². The van der Waals surface area contributed by atoms with Crippen molar-refractivity contribution in [1.82, 2.24) is 19.7 Å². The zero-order chi connectivity index (χ0) is 21.1. The van der Waals surface area contributed by atoms with Crippen LogP contribution in [0.25, 0.3) is 10.2 Å². The molecule has 0 aliphatic carbocycles. The Bertz CT molecular complexity index is 969. The lowest BCUT2D eigenvalue weighted by molar-refractivity contribution is 0.0973. The maximum atomic E-state index is 13.6. The molecule has 6 nitrogen and oxygen atoms in total. The maximum absolute atomic E-state index is 13.6. The third kappa shape index (κ3) is 4.47. The Kier molecular flexibility index (Phi) is 6.93. The van der Waals surface area contributed by atoms with Crippen LogP contribution in [0.3, 0.4) is 0 Å². The van der Waals surface area contributed by atoms with E-state index in [2.05, 4.69) is 23.8 Å². The monoisotopic (exact) mass is 433 g/mol. The molecule has 0 atom stereocenters. The lowest BCUT2D eigenvalue weighted by atomic mass is 10.2. The summed E-state index contributed by atoms with van der Waals surface area (Å²) < 4.78 is 2.68. The summed E-state index contributed by atoms with van der Waals surface area (Å²) in [4.78, 5) is 22.4. The summed E-state index contributed by atoms with van der Waals surface area (Å²) in [7, 11) is 0. The van der Waals surface area contributed by atoms with Crippen molar-refractivity contribution in [1.29, 1.82) is 0 Å². The summed E-state index contributed by atoms with van der Waals surface area (Å²) in [5.74, 6) is -0.0764. The molecule has 8 heteroatoms. The molecule has 0 fully saturated rings. The molecule has 3 aromatic rings. The fourth-order valence-electron chi connectivity index (χ4n) is 3.37. The van der Waals surface area contributed by atoms with Gasteiger partial charge in [0, 0.05) is 19.6 Å². The number of fused-ring (bicyclic) bond motifs is 1. The zero-order valence-electron chi connectivity index (χ0n) is 17.7. The van der Waals surface area contributed by atoms with E-state index >= 15 is 0 Å². The molecule has 0 N–H and O–H groups in total. The highest BCUT2D eigenvalue weighted by Crippen LogP contribution is 2.36. The number of thiazole rings is 1. The van der Waals surface area contributed by atoms with Crippen LogP contribution >= 0.6 is 22.9 Å². The number of aryl methyl sites for hydroxylation is 3. The van der Waals surface area contributed by atoms with Crippen molar-refractivity contribution in [2.24, 2.45) is 0 Å². The van der Waals surface area contributed by atoms with Gasteiger partial charge in [0.25, 0.3) is 5.91 Å². The van der Waals surface area contributed by atoms with Gasteiger partial charge < -0.3 is 4.90 Å². The second-order valence-electron chi connectivity index (χ2n) is 7.01. The molecule has 0 unspecified atom stereocenters. The molecule has 2 aromatic heterocycles. The highest BCUT2D eigenvalue weighted by molar-refractivity contribution is 7.23. The average Bonchev–Trinajstić information content (AvgIpc) is 3.32. The summed E-state index contributed by atoms with van der Waals surface area (Å²) in [6.07, 6.45) is 0. The molecule has 29 heavy (non-hydrogen) atoms. The van der Waals surface area contributed by atoms with Crippen LogP contribution in [0.15, 0.2) is 18.2 Å². The minimum absolute atomic E-state index is 0.0764. The van der Waals surface area contributed by atoms with Crippen molar-refractivity contribution in [2.75, 3.05) is 31.1 Å². The molecule has 0 saturated heterocycles. The first kappa shape index (κ1) is 21.7. The second-order valence-corrected chi connectivity index (χ2v) is 8.39. The van der Waals surface area contributed by atoms with Crippen molar-refractivity contribution in [3.8, 4) is 0 Å². The van der Waals surface area contributed by atoms with Crippen molar-refractivity contribution in [2.45, 2.75) is 41.2 Å². The molecule has 0 aliphatic rings. The number of aromatic nitrogens is 3. The van der Waals surface area contributed by atoms with Gasteiger partial charge in [0.15, 0.2) is 5.13 Å². The Morgan fingerprint density at radius 1 is 1.17 bits per heavy atom. The van der Waals surface area contributed by atoms with Gasteiger partial charge in [-0.25, -0.2) is 4.98 Å². The fourth-order valence-corrected chi connectivity index (χ4v) is 4.71. The summed E-state index contributed by atoms with van der Waals surface area (Å²) in [5, 5.41) is 5.79. The number of anilines is 1. The number of amides is 1. The molecular weight excluding hydrogens is 406 g/mol. The van der Waals surface area contributed by atoms with Gasteiger partial charge in [-0.2, -0.15) is 5.10 Å². The smallest absolute Gasteiger partial charge is 0.278 e. The van der Waals surface area contributed by atoms with Crippen molar-refractivity contribution >= 4 is 44.2 Å². The molecule has 0 aliphatic heterocycles. The third-order valence-electron chi connectivity index (χ3n) is 5.12. The minimum atomic E-state index is -0.0764. The van der Waals surface area contributed by atoms with Gasteiger partial charge in [0.1, 0.15) is 5.69 Å². The van der Waals surface area contributed by atoms with Gasteiger partial charge in [0.05, 0.1) is 20.9 Å². The van der Waals surface area contributed by atoms with Crippen molar-refractivity contribution in [3.05, 3.63) is 40.2 Å². The number of carbonyl (C=O) groups is 1. The lowest BCUT2D eigenvalue weighted by Gasteiger charge is -2.24. The van der Waals surface area contributed by atoms with E-state index in [4.69, 9.17) is 16.6 Å². The molecule has 0 bridgehead atoms. The number of carbonyl (C=O) groups excluding carboxylic acids is 1. The summed E-state index contributed by atoms with van der Waals surface area (Å²) in [5.41, 5.74) is 3.34. The first-order chi connectivity index (χ1) is 13.9. The number of rotatable bonds is 8. The van der Waals surface area contributed by atoms with Crippen LogP contribution in [0.1, 0.15) is 42.5 Å². The summed E-state index contributed by atoms with van der Waals surface area (Å²) >= 11 is 7.88. The highest BCUT2D eigenvalue weighted by Gasteiger charge is 2.25. The van der Waals surface area contributed by atoms with Crippen LogP contribution < -0.4 is 4.90 Å².